The Labute approximate surface area is 293 Å². The summed E-state index contributed by atoms with van der Waals surface area (Å²) in [7, 11) is 0. The van der Waals surface area contributed by atoms with Crippen LogP contribution >= 0.6 is 0 Å². The normalized spacial score (nSPS) is 20.4. The molecule has 6 amide bonds. The third kappa shape index (κ3) is 10.8. The summed E-state index contributed by atoms with van der Waals surface area (Å²) in [5, 5.41) is 10.4. The molecule has 4 rings (SSSR count). The number of alkyl carbamates (subject to hydrolysis) is 1. The summed E-state index contributed by atoms with van der Waals surface area (Å²) in [4.78, 5) is 93.6. The second-order valence-corrected chi connectivity index (χ2v) is 14.8. The van der Waals surface area contributed by atoms with E-state index in [2.05, 4.69) is 21.3 Å². The maximum atomic E-state index is 14.0. The second kappa shape index (κ2) is 16.9. The molecule has 2 aliphatic carbocycles. The van der Waals surface area contributed by atoms with Gasteiger partial charge in [0.1, 0.15) is 29.8 Å². The van der Waals surface area contributed by atoms with Gasteiger partial charge in [-0.1, -0.05) is 62.4 Å². The maximum Gasteiger partial charge on any atom is 0.408 e. The Balaban J connectivity index is 1.41. The molecular formula is C36H52N6O8. The van der Waals surface area contributed by atoms with Crippen LogP contribution in [0.1, 0.15) is 104 Å². The van der Waals surface area contributed by atoms with Gasteiger partial charge in [0.15, 0.2) is 0 Å². The molecule has 3 aliphatic rings. The lowest BCUT2D eigenvalue weighted by Crippen LogP contribution is -2.58. The van der Waals surface area contributed by atoms with Crippen LogP contribution < -0.4 is 27.0 Å². The number of carbonyl (C=O) groups excluding carboxylic acids is 7. The predicted octanol–water partition coefficient (Wildman–Crippen LogP) is 2.15. The number of hydrogen-bond donors (Lipinski definition) is 5. The van der Waals surface area contributed by atoms with Gasteiger partial charge in [0.05, 0.1) is 6.04 Å². The molecule has 0 bridgehead atoms. The summed E-state index contributed by atoms with van der Waals surface area (Å²) in [5.74, 6) is -4.38. The van der Waals surface area contributed by atoms with E-state index in [4.69, 9.17) is 10.5 Å². The van der Waals surface area contributed by atoms with Crippen molar-refractivity contribution in [2.24, 2.45) is 17.6 Å². The second-order valence-electron chi connectivity index (χ2n) is 14.8. The Bertz CT molecular complexity index is 1420. The molecule has 1 aromatic carbocycles. The van der Waals surface area contributed by atoms with Crippen molar-refractivity contribution in [2.45, 2.75) is 128 Å². The molecule has 14 nitrogen and oxygen atoms in total. The summed E-state index contributed by atoms with van der Waals surface area (Å²) < 4.78 is 5.46. The van der Waals surface area contributed by atoms with Crippen molar-refractivity contribution >= 4 is 41.4 Å². The molecule has 50 heavy (non-hydrogen) atoms. The molecule has 1 aromatic rings. The van der Waals surface area contributed by atoms with Gasteiger partial charge in [0, 0.05) is 6.54 Å². The zero-order valence-corrected chi connectivity index (χ0v) is 29.5. The average Bonchev–Trinajstić information content (AvgIpc) is 3.75. The monoisotopic (exact) mass is 696 g/mol. The predicted molar refractivity (Wildman–Crippen MR) is 183 cm³/mol. The van der Waals surface area contributed by atoms with E-state index >= 15 is 0 Å². The van der Waals surface area contributed by atoms with Crippen LogP contribution in [0.4, 0.5) is 4.79 Å². The first kappa shape index (κ1) is 38.3. The van der Waals surface area contributed by atoms with Crippen LogP contribution in [0.5, 0.6) is 0 Å². The number of Topliss-reactive ketones (excluding diaryl/α,β-unsaturated/α-hetero) is 1. The summed E-state index contributed by atoms with van der Waals surface area (Å²) in [6.07, 6.45) is 6.58. The number of hydrogen-bond acceptors (Lipinski definition) is 8. The zero-order valence-electron chi connectivity index (χ0n) is 29.5. The topological polar surface area (TPSA) is 206 Å². The average molecular weight is 697 g/mol. The number of ketones is 1. The summed E-state index contributed by atoms with van der Waals surface area (Å²) in [6.45, 7) is 6.90. The number of nitrogens with zero attached hydrogens (tertiary/aromatic N) is 1. The molecule has 3 fully saturated rings. The van der Waals surface area contributed by atoms with Gasteiger partial charge in [0.25, 0.3) is 5.91 Å². The van der Waals surface area contributed by atoms with Gasteiger partial charge in [-0.25, -0.2) is 4.79 Å². The summed E-state index contributed by atoms with van der Waals surface area (Å²) in [5.41, 5.74) is 5.20. The van der Waals surface area contributed by atoms with Gasteiger partial charge < -0.3 is 36.6 Å². The molecule has 0 aromatic heterocycles. The van der Waals surface area contributed by atoms with Crippen LogP contribution in [-0.2, 0) is 33.5 Å². The SMILES string of the molecule is C[C@H](NC(=O)C(=O)C(CC1CC1)NC(=O)C1CCCN1C(=O)[C@@H](NC(=O)OC(C)(C)C)C1CCCCC1)C(=O)N[C@H](C(N)=O)c1ccccc1. The minimum absolute atomic E-state index is 0.105. The first-order chi connectivity index (χ1) is 23.6. The quantitative estimate of drug-likeness (QED) is 0.182. The fraction of sp³-hybridized carbons (Fsp3) is 0.639. The molecule has 14 heteroatoms. The van der Waals surface area contributed by atoms with Crippen molar-refractivity contribution in [3.05, 3.63) is 35.9 Å². The molecule has 0 radical (unpaired) electrons. The van der Waals surface area contributed by atoms with E-state index < -0.39 is 71.3 Å². The van der Waals surface area contributed by atoms with Gasteiger partial charge in [-0.15, -0.1) is 0 Å². The summed E-state index contributed by atoms with van der Waals surface area (Å²) >= 11 is 0. The first-order valence-corrected chi connectivity index (χ1v) is 17.7. The van der Waals surface area contributed by atoms with Crippen LogP contribution in [0.25, 0.3) is 0 Å². The molecule has 1 aliphatic heterocycles. The number of carbonyl (C=O) groups is 7. The van der Waals surface area contributed by atoms with E-state index in [1.807, 2.05) is 0 Å². The molecule has 2 unspecified atom stereocenters. The van der Waals surface area contributed by atoms with Crippen molar-refractivity contribution in [1.29, 1.82) is 0 Å². The lowest BCUT2D eigenvalue weighted by Gasteiger charge is -2.35. The minimum atomic E-state index is -1.20. The number of nitrogens with two attached hydrogens (primary N) is 1. The highest BCUT2D eigenvalue weighted by molar-refractivity contribution is 6.38. The highest BCUT2D eigenvalue weighted by Crippen LogP contribution is 2.34. The van der Waals surface area contributed by atoms with Crippen LogP contribution in [-0.4, -0.2) is 82.6 Å². The summed E-state index contributed by atoms with van der Waals surface area (Å²) in [6, 6.07) is 3.10. The van der Waals surface area contributed by atoms with Crippen LogP contribution in [0.2, 0.25) is 0 Å². The smallest absolute Gasteiger partial charge is 0.408 e. The molecule has 0 spiro atoms. The van der Waals surface area contributed by atoms with E-state index in [0.29, 0.717) is 24.9 Å². The van der Waals surface area contributed by atoms with Gasteiger partial charge in [0.2, 0.25) is 29.4 Å². The fourth-order valence-corrected chi connectivity index (χ4v) is 6.67. The van der Waals surface area contributed by atoms with Crippen LogP contribution in [0.3, 0.4) is 0 Å². The Kier molecular flexibility index (Phi) is 13.0. The van der Waals surface area contributed by atoms with Gasteiger partial charge in [-0.2, -0.15) is 0 Å². The minimum Gasteiger partial charge on any atom is -0.444 e. The van der Waals surface area contributed by atoms with E-state index in [-0.39, 0.29) is 24.2 Å². The van der Waals surface area contributed by atoms with Gasteiger partial charge in [-0.3, -0.25) is 28.8 Å². The number of likely N-dealkylation sites (tertiary alicyclic amines) is 1. The maximum absolute atomic E-state index is 14.0. The van der Waals surface area contributed by atoms with Crippen molar-refractivity contribution in [3.8, 4) is 0 Å². The third-order valence-corrected chi connectivity index (χ3v) is 9.47. The molecule has 274 valence electrons. The lowest BCUT2D eigenvalue weighted by molar-refractivity contribution is -0.144. The molecule has 5 atom stereocenters. The highest BCUT2D eigenvalue weighted by atomic mass is 16.6. The largest absolute Gasteiger partial charge is 0.444 e. The molecule has 1 heterocycles. The number of nitrogens with one attached hydrogen (secondary N) is 4. The van der Waals surface area contributed by atoms with Crippen LogP contribution in [0.15, 0.2) is 30.3 Å². The first-order valence-electron chi connectivity index (χ1n) is 17.7. The number of ether oxygens (including phenoxy) is 1. The van der Waals surface area contributed by atoms with Crippen molar-refractivity contribution in [1.82, 2.24) is 26.2 Å². The Hall–Kier alpha value is -4.49. The van der Waals surface area contributed by atoms with E-state index in [0.717, 1.165) is 44.9 Å². The lowest BCUT2D eigenvalue weighted by atomic mass is 9.83. The Morgan fingerprint density at radius 1 is 0.860 bits per heavy atom. The molecule has 1 saturated heterocycles. The standard InChI is InChI=1S/C36H52N6O8/c1-21(31(45)40-27(30(37)44)23-12-7-5-8-13-23)38-33(47)29(43)25(20-22-17-18-22)39-32(46)26-16-11-19-42(26)34(48)28(24-14-9-6-10-15-24)41-35(49)50-36(2,3)4/h5,7-8,12-13,21-22,24-28H,6,9-11,14-20H2,1-4H3,(H2,37,44)(H,38,47)(H,39,46)(H,40,45)(H,41,49)/t21-,25?,26?,27-,28-/m0/s1. The Morgan fingerprint density at radius 3 is 2.12 bits per heavy atom. The van der Waals surface area contributed by atoms with Crippen molar-refractivity contribution < 1.29 is 38.3 Å². The fourth-order valence-electron chi connectivity index (χ4n) is 6.67. The van der Waals surface area contributed by atoms with E-state index in [1.165, 1.54) is 11.8 Å². The number of benzene rings is 1. The van der Waals surface area contributed by atoms with E-state index in [1.54, 1.807) is 51.1 Å². The van der Waals surface area contributed by atoms with Gasteiger partial charge in [-0.05, 0) is 77.2 Å². The number of rotatable bonds is 14. The van der Waals surface area contributed by atoms with Crippen molar-refractivity contribution in [3.63, 3.8) is 0 Å². The molecule has 6 N–H and O–H groups in total. The van der Waals surface area contributed by atoms with Crippen LogP contribution in [0, 0.1) is 11.8 Å². The Morgan fingerprint density at radius 2 is 1.52 bits per heavy atom. The highest BCUT2D eigenvalue weighted by Gasteiger charge is 2.43. The van der Waals surface area contributed by atoms with Gasteiger partial charge >= 0.3 is 6.09 Å². The number of amides is 6. The zero-order chi connectivity index (χ0) is 36.6. The molecular weight excluding hydrogens is 644 g/mol. The third-order valence-electron chi connectivity index (χ3n) is 9.47. The number of primary amides is 1. The van der Waals surface area contributed by atoms with Crippen molar-refractivity contribution in [2.75, 3.05) is 6.54 Å². The van der Waals surface area contributed by atoms with E-state index in [9.17, 15) is 33.6 Å². The molecule has 2 saturated carbocycles.